The van der Waals surface area contributed by atoms with E-state index < -0.39 is 28.1 Å². The molecule has 0 bridgehead atoms. The number of carboxylic acid groups (broad SMARTS) is 1. The summed E-state index contributed by atoms with van der Waals surface area (Å²) in [4.78, 5) is 23.8. The Labute approximate surface area is 178 Å². The molecule has 11 heteroatoms. The first-order valence-corrected chi connectivity index (χ1v) is 10.5. The number of nitrogens with zero attached hydrogens (tertiary/aromatic N) is 1. The van der Waals surface area contributed by atoms with E-state index in [4.69, 9.17) is 23.2 Å². The first-order chi connectivity index (χ1) is 13.5. The summed E-state index contributed by atoms with van der Waals surface area (Å²) in [5, 5.41) is 12.4. The molecular weight excluding hydrogens is 441 g/mol. The molecule has 3 N–H and O–H groups in total. The highest BCUT2D eigenvalue weighted by Crippen LogP contribution is 2.25. The van der Waals surface area contributed by atoms with Gasteiger partial charge in [0, 0.05) is 19.8 Å². The number of hydrogen-bond donors (Lipinski definition) is 3. The summed E-state index contributed by atoms with van der Waals surface area (Å²) in [6, 6.07) is 9.69. The summed E-state index contributed by atoms with van der Waals surface area (Å²) < 4.78 is 26.8. The van der Waals surface area contributed by atoms with Crippen molar-refractivity contribution >= 4 is 51.0 Å². The zero-order valence-electron chi connectivity index (χ0n) is 15.5. The molecule has 0 heterocycles. The van der Waals surface area contributed by atoms with Crippen LogP contribution in [-0.2, 0) is 21.4 Å². The van der Waals surface area contributed by atoms with Crippen LogP contribution in [0, 0.1) is 0 Å². The molecular formula is C18H19Cl2N3O5S. The number of hydrogen-bond acceptors (Lipinski definition) is 4. The minimum Gasteiger partial charge on any atom is -0.480 e. The molecule has 2 aromatic rings. The van der Waals surface area contributed by atoms with E-state index in [9.17, 15) is 23.1 Å². The molecule has 1 amide bonds. The molecule has 8 nitrogen and oxygen atoms in total. The molecule has 0 saturated heterocycles. The summed E-state index contributed by atoms with van der Waals surface area (Å²) in [6.07, 6.45) is -0.0764. The number of aliphatic carboxylic acids is 1. The van der Waals surface area contributed by atoms with Crippen LogP contribution in [0.2, 0.25) is 10.0 Å². The number of halogens is 2. The van der Waals surface area contributed by atoms with Gasteiger partial charge < -0.3 is 10.4 Å². The number of anilines is 1. The van der Waals surface area contributed by atoms with E-state index in [-0.39, 0.29) is 22.0 Å². The fourth-order valence-corrected chi connectivity index (χ4v) is 3.66. The number of benzene rings is 2. The minimum atomic E-state index is -3.90. The highest BCUT2D eigenvalue weighted by molar-refractivity contribution is 7.87. The Morgan fingerprint density at radius 3 is 2.10 bits per heavy atom. The van der Waals surface area contributed by atoms with Gasteiger partial charge in [-0.2, -0.15) is 17.4 Å². The Bertz CT molecular complexity index is 990. The number of carbonyl (C=O) groups excluding carboxylic acids is 1. The Hall–Kier alpha value is -2.17. The third-order valence-corrected chi connectivity index (χ3v) is 6.09. The van der Waals surface area contributed by atoms with Crippen molar-refractivity contribution in [3.63, 3.8) is 0 Å². The largest absolute Gasteiger partial charge is 0.480 e. The van der Waals surface area contributed by atoms with Crippen LogP contribution in [0.4, 0.5) is 5.69 Å². The predicted molar refractivity (Wildman–Crippen MR) is 112 cm³/mol. The number of carbonyl (C=O) groups is 2. The predicted octanol–water partition coefficient (Wildman–Crippen LogP) is 2.64. The summed E-state index contributed by atoms with van der Waals surface area (Å²) in [6.45, 7) is 0. The summed E-state index contributed by atoms with van der Waals surface area (Å²) in [5.74, 6) is -1.79. The lowest BCUT2D eigenvalue weighted by Gasteiger charge is -2.18. The van der Waals surface area contributed by atoms with E-state index in [1.54, 1.807) is 42.5 Å². The third-order valence-electron chi connectivity index (χ3n) is 3.91. The molecule has 29 heavy (non-hydrogen) atoms. The standard InChI is InChI=1S/C18H19Cl2N3O5S/c1-23(2)29(27,28)22-15(18(25)26)10-11-6-8-12(9-7-11)21-17(24)16-13(19)4-3-5-14(16)20/h3-9,15,22H,10H2,1-2H3,(H,21,24)(H,25,26). The zero-order chi connectivity index (χ0) is 21.8. The van der Waals surface area contributed by atoms with E-state index in [1.165, 1.54) is 14.1 Å². The Morgan fingerprint density at radius 2 is 1.62 bits per heavy atom. The van der Waals surface area contributed by atoms with Crippen LogP contribution >= 0.6 is 23.2 Å². The number of carboxylic acids is 1. The van der Waals surface area contributed by atoms with Crippen LogP contribution < -0.4 is 10.0 Å². The fraction of sp³-hybridized carbons (Fsp3) is 0.222. The number of rotatable bonds is 8. The molecule has 2 aromatic carbocycles. The maximum Gasteiger partial charge on any atom is 0.322 e. The summed E-state index contributed by atoms with van der Waals surface area (Å²) in [7, 11) is -1.31. The van der Waals surface area contributed by atoms with Crippen molar-refractivity contribution < 1.29 is 23.1 Å². The van der Waals surface area contributed by atoms with Gasteiger partial charge in [-0.1, -0.05) is 41.4 Å². The molecule has 2 rings (SSSR count). The first kappa shape index (κ1) is 23.1. The van der Waals surface area contributed by atoms with Crippen molar-refractivity contribution in [2.24, 2.45) is 0 Å². The Kier molecular flexibility index (Phi) is 7.61. The van der Waals surface area contributed by atoms with Crippen LogP contribution in [0.25, 0.3) is 0 Å². The molecule has 1 atom stereocenters. The number of nitrogens with one attached hydrogen (secondary N) is 2. The van der Waals surface area contributed by atoms with Crippen molar-refractivity contribution in [1.82, 2.24) is 9.03 Å². The van der Waals surface area contributed by atoms with Crippen molar-refractivity contribution in [1.29, 1.82) is 0 Å². The Morgan fingerprint density at radius 1 is 1.07 bits per heavy atom. The fourth-order valence-electron chi connectivity index (χ4n) is 2.33. The monoisotopic (exact) mass is 459 g/mol. The second-order valence-corrected chi connectivity index (χ2v) is 8.98. The average Bonchev–Trinajstić information content (AvgIpc) is 2.62. The maximum atomic E-state index is 12.4. The van der Waals surface area contributed by atoms with E-state index in [0.717, 1.165) is 4.31 Å². The normalized spacial score (nSPS) is 12.6. The molecule has 0 fully saturated rings. The van der Waals surface area contributed by atoms with Gasteiger partial charge in [-0.15, -0.1) is 0 Å². The number of amides is 1. The van der Waals surface area contributed by atoms with Gasteiger partial charge in [0.2, 0.25) is 0 Å². The minimum absolute atomic E-state index is 0.0764. The molecule has 0 aromatic heterocycles. The van der Waals surface area contributed by atoms with Crippen LogP contribution in [-0.4, -0.2) is 49.8 Å². The lowest BCUT2D eigenvalue weighted by atomic mass is 10.1. The van der Waals surface area contributed by atoms with Crippen LogP contribution in [0.5, 0.6) is 0 Å². The molecule has 156 valence electrons. The lowest BCUT2D eigenvalue weighted by molar-refractivity contribution is -0.138. The smallest absolute Gasteiger partial charge is 0.322 e. The molecule has 0 aliphatic heterocycles. The lowest BCUT2D eigenvalue weighted by Crippen LogP contribution is -2.47. The van der Waals surface area contributed by atoms with Crippen molar-refractivity contribution in [2.75, 3.05) is 19.4 Å². The van der Waals surface area contributed by atoms with E-state index in [1.807, 2.05) is 0 Å². The van der Waals surface area contributed by atoms with E-state index in [0.29, 0.717) is 11.3 Å². The molecule has 0 aliphatic rings. The molecule has 0 saturated carbocycles. The van der Waals surface area contributed by atoms with Gasteiger partial charge in [0.25, 0.3) is 16.1 Å². The summed E-state index contributed by atoms with van der Waals surface area (Å²) in [5.41, 5.74) is 1.15. The Balaban J connectivity index is 2.11. The third kappa shape index (κ3) is 6.15. The first-order valence-electron chi connectivity index (χ1n) is 8.28. The van der Waals surface area contributed by atoms with Crippen LogP contribution in [0.3, 0.4) is 0 Å². The van der Waals surface area contributed by atoms with Gasteiger partial charge in [0.05, 0.1) is 15.6 Å². The molecule has 0 aliphatic carbocycles. The molecule has 0 radical (unpaired) electrons. The van der Waals surface area contributed by atoms with Gasteiger partial charge >= 0.3 is 5.97 Å². The van der Waals surface area contributed by atoms with Gasteiger partial charge in [-0.25, -0.2) is 0 Å². The van der Waals surface area contributed by atoms with Crippen molar-refractivity contribution in [3.8, 4) is 0 Å². The highest BCUT2D eigenvalue weighted by atomic mass is 35.5. The molecule has 0 spiro atoms. The quantitative estimate of drug-likeness (QED) is 0.560. The highest BCUT2D eigenvalue weighted by Gasteiger charge is 2.25. The van der Waals surface area contributed by atoms with Crippen LogP contribution in [0.1, 0.15) is 15.9 Å². The average molecular weight is 460 g/mol. The van der Waals surface area contributed by atoms with Gasteiger partial charge in [-0.3, -0.25) is 9.59 Å². The second-order valence-electron chi connectivity index (χ2n) is 6.25. The zero-order valence-corrected chi connectivity index (χ0v) is 17.8. The van der Waals surface area contributed by atoms with Gasteiger partial charge in [0.1, 0.15) is 6.04 Å². The molecule has 1 unspecified atom stereocenters. The van der Waals surface area contributed by atoms with E-state index >= 15 is 0 Å². The van der Waals surface area contributed by atoms with Gasteiger partial charge in [-0.05, 0) is 36.2 Å². The second kappa shape index (κ2) is 9.55. The van der Waals surface area contributed by atoms with E-state index in [2.05, 4.69) is 10.0 Å². The van der Waals surface area contributed by atoms with Gasteiger partial charge in [0.15, 0.2) is 0 Å². The topological polar surface area (TPSA) is 116 Å². The van der Waals surface area contributed by atoms with Crippen molar-refractivity contribution in [3.05, 3.63) is 63.6 Å². The van der Waals surface area contributed by atoms with Crippen molar-refractivity contribution in [2.45, 2.75) is 12.5 Å². The maximum absolute atomic E-state index is 12.4. The summed E-state index contributed by atoms with van der Waals surface area (Å²) >= 11 is 12.0. The SMILES string of the molecule is CN(C)S(=O)(=O)NC(Cc1ccc(NC(=O)c2c(Cl)cccc2Cl)cc1)C(=O)O. The van der Waals surface area contributed by atoms with Crippen LogP contribution in [0.15, 0.2) is 42.5 Å².